The molecule has 0 aromatic heterocycles. The molecule has 0 saturated carbocycles. The van der Waals surface area contributed by atoms with Gasteiger partial charge in [-0.25, -0.2) is 4.39 Å². The molecule has 2 atom stereocenters. The summed E-state index contributed by atoms with van der Waals surface area (Å²) in [6.07, 6.45) is 0.517. The van der Waals surface area contributed by atoms with Crippen molar-refractivity contribution in [1.82, 2.24) is 4.90 Å². The van der Waals surface area contributed by atoms with E-state index in [0.29, 0.717) is 11.6 Å². The highest BCUT2D eigenvalue weighted by molar-refractivity contribution is 5.55. The van der Waals surface area contributed by atoms with E-state index in [1.165, 1.54) is 12.1 Å². The van der Waals surface area contributed by atoms with E-state index in [-0.39, 0.29) is 5.82 Å². The van der Waals surface area contributed by atoms with Gasteiger partial charge in [-0.05, 0) is 38.5 Å². The van der Waals surface area contributed by atoms with Gasteiger partial charge < -0.3 is 10.0 Å². The second-order valence-electron chi connectivity index (χ2n) is 5.66. The summed E-state index contributed by atoms with van der Waals surface area (Å²) >= 11 is 0. The van der Waals surface area contributed by atoms with Gasteiger partial charge in [0.05, 0.1) is 6.10 Å². The monoisotopic (exact) mass is 280 g/mol. The smallest absolute Gasteiger partial charge is 0.123 e. The van der Waals surface area contributed by atoms with Crippen molar-refractivity contribution in [3.63, 3.8) is 0 Å². The Hall–Kier alpha value is -1.13. The van der Waals surface area contributed by atoms with Gasteiger partial charge in [0.25, 0.3) is 0 Å². The third kappa shape index (κ3) is 3.30. The van der Waals surface area contributed by atoms with Crippen LogP contribution < -0.4 is 4.90 Å². The van der Waals surface area contributed by atoms with Crippen LogP contribution in [0.15, 0.2) is 18.2 Å². The zero-order valence-electron chi connectivity index (χ0n) is 12.6. The molecule has 1 saturated heterocycles. The lowest BCUT2D eigenvalue weighted by atomic mass is 10.1. The molecule has 1 aromatic carbocycles. The van der Waals surface area contributed by atoms with Gasteiger partial charge in [-0.1, -0.05) is 6.92 Å². The minimum absolute atomic E-state index is 0.289. The first kappa shape index (κ1) is 15.3. The molecule has 20 heavy (non-hydrogen) atoms. The topological polar surface area (TPSA) is 26.7 Å². The predicted octanol–water partition coefficient (Wildman–Crippen LogP) is 2.80. The highest BCUT2D eigenvalue weighted by Crippen LogP contribution is 2.28. The maximum Gasteiger partial charge on any atom is 0.123 e. The summed E-state index contributed by atoms with van der Waals surface area (Å²) in [6.45, 7) is 10.0. The first-order chi connectivity index (χ1) is 9.52. The number of nitrogens with zero attached hydrogens (tertiary/aromatic N) is 2. The van der Waals surface area contributed by atoms with Crippen LogP contribution in [0.4, 0.5) is 10.1 Å². The fraction of sp³-hybridized carbons (Fsp3) is 0.625. The Morgan fingerprint density at radius 2 is 1.85 bits per heavy atom. The van der Waals surface area contributed by atoms with E-state index in [4.69, 9.17) is 0 Å². The van der Waals surface area contributed by atoms with Gasteiger partial charge in [0.15, 0.2) is 0 Å². The third-order valence-electron chi connectivity index (χ3n) is 4.31. The zero-order chi connectivity index (χ0) is 14.7. The Morgan fingerprint density at radius 3 is 2.40 bits per heavy atom. The van der Waals surface area contributed by atoms with Crippen LogP contribution in [0.1, 0.15) is 38.9 Å². The van der Waals surface area contributed by atoms with Gasteiger partial charge in [0.1, 0.15) is 5.82 Å². The van der Waals surface area contributed by atoms with E-state index < -0.39 is 6.10 Å². The fourth-order valence-corrected chi connectivity index (χ4v) is 2.81. The largest absolute Gasteiger partial charge is 0.389 e. The lowest BCUT2D eigenvalue weighted by molar-refractivity contribution is 0.188. The maximum absolute atomic E-state index is 13.4. The molecule has 4 heteroatoms. The molecule has 112 valence electrons. The van der Waals surface area contributed by atoms with Crippen LogP contribution in [0.25, 0.3) is 0 Å². The molecule has 0 amide bonds. The molecule has 0 bridgehead atoms. The van der Waals surface area contributed by atoms with Crippen LogP contribution in [0.3, 0.4) is 0 Å². The minimum atomic E-state index is -0.645. The summed E-state index contributed by atoms with van der Waals surface area (Å²) in [7, 11) is 0. The Kier molecular flexibility index (Phi) is 5.00. The van der Waals surface area contributed by atoms with Gasteiger partial charge in [-0.3, -0.25) is 4.90 Å². The van der Waals surface area contributed by atoms with Gasteiger partial charge in [-0.15, -0.1) is 0 Å². The molecule has 1 N–H and O–H groups in total. The highest BCUT2D eigenvalue weighted by atomic mass is 19.1. The summed E-state index contributed by atoms with van der Waals surface area (Å²) in [5, 5.41) is 9.83. The molecule has 1 aliphatic heterocycles. The standard InChI is InChI=1S/C16H25FN2O/c1-4-12(2)18-7-9-19(10-8-18)16-6-5-14(17)11-15(16)13(3)20/h5-6,11-13,20H,4,7-10H2,1-3H3/t12?,13-/m0/s1. The Balaban J connectivity index is 2.11. The highest BCUT2D eigenvalue weighted by Gasteiger charge is 2.22. The lowest BCUT2D eigenvalue weighted by Gasteiger charge is -2.39. The number of anilines is 1. The van der Waals surface area contributed by atoms with E-state index in [0.717, 1.165) is 38.3 Å². The van der Waals surface area contributed by atoms with Crippen molar-refractivity contribution in [2.75, 3.05) is 31.1 Å². The third-order valence-corrected chi connectivity index (χ3v) is 4.31. The number of benzene rings is 1. The van der Waals surface area contributed by atoms with E-state index in [9.17, 15) is 9.50 Å². The Morgan fingerprint density at radius 1 is 1.20 bits per heavy atom. The molecular weight excluding hydrogens is 255 g/mol. The van der Waals surface area contributed by atoms with Crippen molar-refractivity contribution in [2.24, 2.45) is 0 Å². The minimum Gasteiger partial charge on any atom is -0.389 e. The van der Waals surface area contributed by atoms with Crippen LogP contribution in [-0.2, 0) is 0 Å². The first-order valence-corrected chi connectivity index (χ1v) is 7.49. The quantitative estimate of drug-likeness (QED) is 0.918. The number of hydrogen-bond acceptors (Lipinski definition) is 3. The molecule has 1 heterocycles. The van der Waals surface area contributed by atoms with E-state index in [2.05, 4.69) is 23.6 Å². The van der Waals surface area contributed by atoms with Crippen molar-refractivity contribution in [3.8, 4) is 0 Å². The second-order valence-corrected chi connectivity index (χ2v) is 5.66. The average Bonchev–Trinajstić information content (AvgIpc) is 2.46. The number of aliphatic hydroxyl groups is 1. The summed E-state index contributed by atoms with van der Waals surface area (Å²) in [6, 6.07) is 5.32. The molecule has 0 aliphatic carbocycles. The van der Waals surface area contributed by atoms with E-state index in [1.807, 2.05) is 0 Å². The zero-order valence-corrected chi connectivity index (χ0v) is 12.6. The number of rotatable bonds is 4. The van der Waals surface area contributed by atoms with Crippen LogP contribution >= 0.6 is 0 Å². The lowest BCUT2D eigenvalue weighted by Crippen LogP contribution is -2.49. The normalized spacial score (nSPS) is 19.9. The molecule has 1 aliphatic rings. The van der Waals surface area contributed by atoms with Gasteiger partial charge in [-0.2, -0.15) is 0 Å². The SMILES string of the molecule is CCC(C)N1CCN(c2ccc(F)cc2[C@H](C)O)CC1. The van der Waals surface area contributed by atoms with E-state index >= 15 is 0 Å². The number of hydrogen-bond donors (Lipinski definition) is 1. The molecule has 3 nitrogen and oxygen atoms in total. The summed E-state index contributed by atoms with van der Waals surface area (Å²) in [5.74, 6) is -0.289. The molecule has 1 aromatic rings. The van der Waals surface area contributed by atoms with Crippen molar-refractivity contribution >= 4 is 5.69 Å². The molecule has 1 unspecified atom stereocenters. The Labute approximate surface area is 121 Å². The van der Waals surface area contributed by atoms with Crippen LogP contribution in [0.2, 0.25) is 0 Å². The molecule has 0 spiro atoms. The molecular formula is C16H25FN2O. The van der Waals surface area contributed by atoms with Crippen molar-refractivity contribution in [3.05, 3.63) is 29.6 Å². The number of halogens is 1. The van der Waals surface area contributed by atoms with Gasteiger partial charge in [0, 0.05) is 43.5 Å². The van der Waals surface area contributed by atoms with Crippen molar-refractivity contribution in [1.29, 1.82) is 0 Å². The van der Waals surface area contributed by atoms with Crippen LogP contribution in [-0.4, -0.2) is 42.2 Å². The Bertz CT molecular complexity index is 442. The number of piperazine rings is 1. The van der Waals surface area contributed by atoms with Crippen molar-refractivity contribution < 1.29 is 9.50 Å². The van der Waals surface area contributed by atoms with Gasteiger partial charge in [0.2, 0.25) is 0 Å². The number of aliphatic hydroxyl groups excluding tert-OH is 1. The second kappa shape index (κ2) is 6.55. The maximum atomic E-state index is 13.4. The average molecular weight is 280 g/mol. The van der Waals surface area contributed by atoms with E-state index in [1.54, 1.807) is 13.0 Å². The molecule has 0 radical (unpaired) electrons. The first-order valence-electron chi connectivity index (χ1n) is 7.49. The summed E-state index contributed by atoms with van der Waals surface area (Å²) in [4.78, 5) is 4.74. The summed E-state index contributed by atoms with van der Waals surface area (Å²) in [5.41, 5.74) is 1.65. The molecule has 2 rings (SSSR count). The van der Waals surface area contributed by atoms with Gasteiger partial charge >= 0.3 is 0 Å². The van der Waals surface area contributed by atoms with Crippen molar-refractivity contribution in [2.45, 2.75) is 39.3 Å². The molecule has 1 fully saturated rings. The van der Waals surface area contributed by atoms with Crippen LogP contribution in [0, 0.1) is 5.82 Å². The van der Waals surface area contributed by atoms with Crippen LogP contribution in [0.5, 0.6) is 0 Å². The summed E-state index contributed by atoms with van der Waals surface area (Å²) < 4.78 is 13.4. The fourth-order valence-electron chi connectivity index (χ4n) is 2.81. The predicted molar refractivity (Wildman–Crippen MR) is 80.6 cm³/mol.